The van der Waals surface area contributed by atoms with Gasteiger partial charge in [0.15, 0.2) is 0 Å². The molecule has 0 aliphatic heterocycles. The predicted molar refractivity (Wildman–Crippen MR) is 80.6 cm³/mol. The molecule has 1 nitrogen and oxygen atoms in total. The molecule has 0 amide bonds. The van der Waals surface area contributed by atoms with E-state index in [1.807, 2.05) is 0 Å². The molecule has 0 aliphatic rings. The minimum Gasteiger partial charge on any atom is -0.330 e. The maximum Gasteiger partial charge on any atom is -0.00773 e. The Morgan fingerprint density at radius 3 is 2.22 bits per heavy atom. The summed E-state index contributed by atoms with van der Waals surface area (Å²) in [5, 5.41) is 0. The lowest BCUT2D eigenvalue weighted by Gasteiger charge is -2.15. The van der Waals surface area contributed by atoms with Crippen molar-refractivity contribution in [2.24, 2.45) is 17.6 Å². The molecule has 0 spiro atoms. The Hall–Kier alpha value is -0.820. The second-order valence-electron chi connectivity index (χ2n) is 5.76. The van der Waals surface area contributed by atoms with E-state index in [9.17, 15) is 0 Å². The smallest absolute Gasteiger partial charge is 0.00773 e. The van der Waals surface area contributed by atoms with E-state index >= 15 is 0 Å². The Labute approximate surface area is 113 Å². The highest BCUT2D eigenvalue weighted by Crippen LogP contribution is 2.20. The van der Waals surface area contributed by atoms with E-state index in [0.717, 1.165) is 18.4 Å². The highest BCUT2D eigenvalue weighted by atomic mass is 14.5. The maximum absolute atomic E-state index is 5.52. The highest BCUT2D eigenvalue weighted by molar-refractivity contribution is 5.14. The lowest BCUT2D eigenvalue weighted by Crippen LogP contribution is -2.05. The van der Waals surface area contributed by atoms with Crippen molar-refractivity contribution in [3.05, 3.63) is 35.9 Å². The molecule has 1 heteroatoms. The van der Waals surface area contributed by atoms with Crippen LogP contribution in [-0.4, -0.2) is 6.54 Å². The fourth-order valence-corrected chi connectivity index (χ4v) is 2.47. The molecule has 2 N–H and O–H groups in total. The van der Waals surface area contributed by atoms with Crippen molar-refractivity contribution in [1.29, 1.82) is 0 Å². The predicted octanol–water partition coefficient (Wildman–Crippen LogP) is 4.41. The van der Waals surface area contributed by atoms with Gasteiger partial charge in [-0.05, 0) is 36.8 Å². The summed E-state index contributed by atoms with van der Waals surface area (Å²) in [7, 11) is 0. The maximum atomic E-state index is 5.52. The lowest BCUT2D eigenvalue weighted by molar-refractivity contribution is 0.401. The number of unbranched alkanes of at least 4 members (excludes halogenated alkanes) is 1. The zero-order valence-corrected chi connectivity index (χ0v) is 12.1. The summed E-state index contributed by atoms with van der Waals surface area (Å²) in [4.78, 5) is 0. The Morgan fingerprint density at radius 1 is 0.889 bits per heavy atom. The second-order valence-corrected chi connectivity index (χ2v) is 5.76. The number of rotatable bonds is 9. The second kappa shape index (κ2) is 9.16. The number of nitrogens with two attached hydrogens (primary N) is 1. The minimum absolute atomic E-state index is 0.796. The van der Waals surface area contributed by atoms with Gasteiger partial charge in [-0.15, -0.1) is 0 Å². The average Bonchev–Trinajstić information content (AvgIpc) is 2.38. The van der Waals surface area contributed by atoms with E-state index in [-0.39, 0.29) is 0 Å². The molecule has 0 saturated heterocycles. The molecule has 18 heavy (non-hydrogen) atoms. The molecule has 0 saturated carbocycles. The van der Waals surface area contributed by atoms with Gasteiger partial charge in [0, 0.05) is 0 Å². The van der Waals surface area contributed by atoms with Crippen molar-refractivity contribution >= 4 is 0 Å². The minimum atomic E-state index is 0.796. The van der Waals surface area contributed by atoms with Crippen LogP contribution in [0.25, 0.3) is 0 Å². The third kappa shape index (κ3) is 6.80. The lowest BCUT2D eigenvalue weighted by atomic mass is 9.91. The Bertz CT molecular complexity index is 294. The summed E-state index contributed by atoms with van der Waals surface area (Å²) in [5.74, 6) is 1.65. The van der Waals surface area contributed by atoms with Gasteiger partial charge in [0.25, 0.3) is 0 Å². The molecule has 102 valence electrons. The van der Waals surface area contributed by atoms with Crippen LogP contribution in [0.5, 0.6) is 0 Å². The molecular weight excluding hydrogens is 218 g/mol. The van der Waals surface area contributed by atoms with Crippen LogP contribution in [0.15, 0.2) is 30.3 Å². The molecule has 1 aromatic carbocycles. The third-order valence-electron chi connectivity index (χ3n) is 3.73. The van der Waals surface area contributed by atoms with Gasteiger partial charge in [0.1, 0.15) is 0 Å². The van der Waals surface area contributed by atoms with Crippen LogP contribution in [0.1, 0.15) is 51.5 Å². The van der Waals surface area contributed by atoms with Crippen LogP contribution in [0.2, 0.25) is 0 Å². The van der Waals surface area contributed by atoms with E-state index in [1.54, 1.807) is 0 Å². The van der Waals surface area contributed by atoms with Crippen LogP contribution < -0.4 is 5.73 Å². The molecule has 1 aromatic rings. The highest BCUT2D eigenvalue weighted by Gasteiger charge is 2.07. The van der Waals surface area contributed by atoms with Crippen molar-refractivity contribution in [2.75, 3.05) is 6.54 Å². The van der Waals surface area contributed by atoms with E-state index in [1.165, 1.54) is 44.1 Å². The standard InChI is InChI=1S/C17H29N/c1-15(8-6-7-13-18)11-12-16(2)14-17-9-4-3-5-10-17/h3-5,9-10,15-16H,6-8,11-14,18H2,1-2H3. The van der Waals surface area contributed by atoms with Crippen LogP contribution in [0, 0.1) is 11.8 Å². The van der Waals surface area contributed by atoms with E-state index in [0.29, 0.717) is 0 Å². The summed E-state index contributed by atoms with van der Waals surface area (Å²) >= 11 is 0. The zero-order valence-electron chi connectivity index (χ0n) is 12.1. The first kappa shape index (κ1) is 15.2. The molecule has 0 aromatic heterocycles. The van der Waals surface area contributed by atoms with Gasteiger partial charge in [-0.3, -0.25) is 0 Å². The molecule has 0 heterocycles. The zero-order chi connectivity index (χ0) is 13.2. The topological polar surface area (TPSA) is 26.0 Å². The van der Waals surface area contributed by atoms with Crippen molar-refractivity contribution in [1.82, 2.24) is 0 Å². The van der Waals surface area contributed by atoms with Gasteiger partial charge in [-0.1, -0.05) is 69.9 Å². The first-order valence-electron chi connectivity index (χ1n) is 7.46. The molecule has 0 bridgehead atoms. The summed E-state index contributed by atoms with van der Waals surface area (Å²) in [6.45, 7) is 5.60. The van der Waals surface area contributed by atoms with Gasteiger partial charge in [-0.2, -0.15) is 0 Å². The monoisotopic (exact) mass is 247 g/mol. The van der Waals surface area contributed by atoms with Crippen molar-refractivity contribution in [2.45, 2.75) is 52.4 Å². The van der Waals surface area contributed by atoms with Crippen molar-refractivity contribution in [3.8, 4) is 0 Å². The summed E-state index contributed by atoms with van der Waals surface area (Å²) in [6, 6.07) is 10.8. The van der Waals surface area contributed by atoms with E-state index in [4.69, 9.17) is 5.73 Å². The number of hydrogen-bond donors (Lipinski definition) is 1. The van der Waals surface area contributed by atoms with Gasteiger partial charge in [0.05, 0.1) is 0 Å². The van der Waals surface area contributed by atoms with E-state index < -0.39 is 0 Å². The largest absolute Gasteiger partial charge is 0.330 e. The van der Waals surface area contributed by atoms with E-state index in [2.05, 4.69) is 44.2 Å². The molecule has 2 atom stereocenters. The van der Waals surface area contributed by atoms with Crippen LogP contribution >= 0.6 is 0 Å². The Balaban J connectivity index is 2.14. The fourth-order valence-electron chi connectivity index (χ4n) is 2.47. The summed E-state index contributed by atoms with van der Waals surface area (Å²) < 4.78 is 0. The summed E-state index contributed by atoms with van der Waals surface area (Å²) in [6.07, 6.45) is 7.75. The normalized spacial score (nSPS) is 14.4. The molecule has 2 unspecified atom stereocenters. The number of hydrogen-bond acceptors (Lipinski definition) is 1. The van der Waals surface area contributed by atoms with Gasteiger partial charge in [0.2, 0.25) is 0 Å². The van der Waals surface area contributed by atoms with Gasteiger partial charge < -0.3 is 5.73 Å². The fraction of sp³-hybridized carbons (Fsp3) is 0.647. The molecule has 0 radical (unpaired) electrons. The Kier molecular flexibility index (Phi) is 7.75. The van der Waals surface area contributed by atoms with Crippen molar-refractivity contribution < 1.29 is 0 Å². The van der Waals surface area contributed by atoms with Gasteiger partial charge in [-0.25, -0.2) is 0 Å². The molecule has 1 rings (SSSR count). The summed E-state index contributed by atoms with van der Waals surface area (Å²) in [5.41, 5.74) is 7.00. The van der Waals surface area contributed by atoms with Crippen molar-refractivity contribution in [3.63, 3.8) is 0 Å². The Morgan fingerprint density at radius 2 is 1.56 bits per heavy atom. The van der Waals surface area contributed by atoms with Crippen LogP contribution in [0.4, 0.5) is 0 Å². The average molecular weight is 247 g/mol. The van der Waals surface area contributed by atoms with Gasteiger partial charge >= 0.3 is 0 Å². The first-order valence-corrected chi connectivity index (χ1v) is 7.46. The quantitative estimate of drug-likeness (QED) is 0.643. The van der Waals surface area contributed by atoms with Crippen LogP contribution in [0.3, 0.4) is 0 Å². The SMILES string of the molecule is CC(CCCCN)CCC(C)Cc1ccccc1. The molecule has 0 fully saturated rings. The number of benzene rings is 1. The molecular formula is C17H29N. The molecule has 0 aliphatic carbocycles. The third-order valence-corrected chi connectivity index (χ3v) is 3.73. The van der Waals surface area contributed by atoms with Crippen LogP contribution in [-0.2, 0) is 6.42 Å². The first-order chi connectivity index (χ1) is 8.72.